The number of anilines is 2. The second kappa shape index (κ2) is 8.14. The third kappa shape index (κ3) is 3.54. The van der Waals surface area contributed by atoms with Gasteiger partial charge in [0.25, 0.3) is 0 Å². The molecule has 1 atom stereocenters. The number of carbonyl (C=O) groups is 1. The summed E-state index contributed by atoms with van der Waals surface area (Å²) < 4.78 is 34.9. The minimum atomic E-state index is -3.80. The Labute approximate surface area is 199 Å². The second-order valence-electron chi connectivity index (χ2n) is 9.12. The van der Waals surface area contributed by atoms with Gasteiger partial charge in [0, 0.05) is 24.4 Å². The standard InChI is InChI=1S/C26H26N2O5S/c1-16(2)11-25-27(3)34(31,32)24-13-21-20-12-17(26(29)30)9-10-18(20)15-33-23(21)14-22(24)28(25)19-7-5-4-6-8-19/h4-10,12-14,16,25H,11,15H2,1-3H3,(H,29,30)/t25-/m0/s1. The molecule has 3 aromatic carbocycles. The van der Waals surface area contributed by atoms with E-state index in [2.05, 4.69) is 18.7 Å². The molecule has 0 unspecified atom stereocenters. The molecule has 34 heavy (non-hydrogen) atoms. The van der Waals surface area contributed by atoms with Gasteiger partial charge in [0.2, 0.25) is 10.0 Å². The highest BCUT2D eigenvalue weighted by Crippen LogP contribution is 2.48. The van der Waals surface area contributed by atoms with Crippen molar-refractivity contribution < 1.29 is 23.1 Å². The highest BCUT2D eigenvalue weighted by molar-refractivity contribution is 7.89. The summed E-state index contributed by atoms with van der Waals surface area (Å²) in [4.78, 5) is 13.8. The predicted octanol–water partition coefficient (Wildman–Crippen LogP) is 5.09. The number of rotatable bonds is 4. The van der Waals surface area contributed by atoms with Gasteiger partial charge in [-0.3, -0.25) is 0 Å². The quantitative estimate of drug-likeness (QED) is 0.562. The summed E-state index contributed by atoms with van der Waals surface area (Å²) in [6.07, 6.45) is 0.250. The van der Waals surface area contributed by atoms with Crippen LogP contribution in [0.2, 0.25) is 0 Å². The first kappa shape index (κ1) is 22.4. The Morgan fingerprint density at radius 1 is 1.09 bits per heavy atom. The van der Waals surface area contributed by atoms with Gasteiger partial charge in [-0.1, -0.05) is 38.1 Å². The number of hydrogen-bond acceptors (Lipinski definition) is 5. The van der Waals surface area contributed by atoms with Gasteiger partial charge in [0.05, 0.1) is 11.3 Å². The molecule has 3 aromatic rings. The van der Waals surface area contributed by atoms with Crippen molar-refractivity contribution in [3.63, 3.8) is 0 Å². The molecule has 0 aromatic heterocycles. The van der Waals surface area contributed by atoms with Crippen LogP contribution in [0, 0.1) is 5.92 Å². The molecule has 0 aliphatic carbocycles. The summed E-state index contributed by atoms with van der Waals surface area (Å²) in [7, 11) is -2.18. The van der Waals surface area contributed by atoms with E-state index in [9.17, 15) is 18.3 Å². The molecule has 0 radical (unpaired) electrons. The summed E-state index contributed by atoms with van der Waals surface area (Å²) in [5.41, 5.74) is 3.67. The molecule has 0 saturated heterocycles. The fourth-order valence-corrected chi connectivity index (χ4v) is 6.23. The van der Waals surface area contributed by atoms with Crippen LogP contribution in [0.1, 0.15) is 36.2 Å². The third-order valence-electron chi connectivity index (χ3n) is 6.44. The Bertz CT molecular complexity index is 1390. The lowest BCUT2D eigenvalue weighted by Crippen LogP contribution is -2.51. The number of carboxylic acids is 1. The Balaban J connectivity index is 1.77. The van der Waals surface area contributed by atoms with Crippen LogP contribution >= 0.6 is 0 Å². The maximum atomic E-state index is 13.7. The lowest BCUT2D eigenvalue weighted by Gasteiger charge is -2.44. The normalized spacial score (nSPS) is 18.6. The number of ether oxygens (including phenoxy) is 1. The first-order valence-electron chi connectivity index (χ1n) is 11.2. The van der Waals surface area contributed by atoms with Crippen LogP contribution in [0.25, 0.3) is 11.1 Å². The van der Waals surface area contributed by atoms with E-state index in [0.29, 0.717) is 29.0 Å². The van der Waals surface area contributed by atoms with Gasteiger partial charge in [-0.05, 0) is 53.8 Å². The van der Waals surface area contributed by atoms with E-state index in [1.54, 1.807) is 31.3 Å². The number of fused-ring (bicyclic) bond motifs is 4. The van der Waals surface area contributed by atoms with Gasteiger partial charge in [0.1, 0.15) is 23.4 Å². The molecule has 5 rings (SSSR count). The molecule has 0 saturated carbocycles. The van der Waals surface area contributed by atoms with E-state index in [1.807, 2.05) is 30.3 Å². The topological polar surface area (TPSA) is 87.2 Å². The largest absolute Gasteiger partial charge is 0.488 e. The third-order valence-corrected chi connectivity index (χ3v) is 8.33. The molecule has 0 amide bonds. The number of para-hydroxylation sites is 1. The van der Waals surface area contributed by atoms with E-state index >= 15 is 0 Å². The maximum absolute atomic E-state index is 13.7. The van der Waals surface area contributed by atoms with Crippen molar-refractivity contribution in [3.8, 4) is 16.9 Å². The van der Waals surface area contributed by atoms with Crippen LogP contribution in [-0.4, -0.2) is 37.0 Å². The molecule has 2 aliphatic rings. The first-order valence-corrected chi connectivity index (χ1v) is 12.6. The van der Waals surface area contributed by atoms with Crippen molar-refractivity contribution in [1.82, 2.24) is 4.31 Å². The van der Waals surface area contributed by atoms with Crippen molar-refractivity contribution in [2.45, 2.75) is 37.9 Å². The lowest BCUT2D eigenvalue weighted by atomic mass is 9.94. The predicted molar refractivity (Wildman–Crippen MR) is 130 cm³/mol. The summed E-state index contributed by atoms with van der Waals surface area (Å²) in [6, 6.07) is 18.0. The Morgan fingerprint density at radius 3 is 2.50 bits per heavy atom. The van der Waals surface area contributed by atoms with Crippen LogP contribution < -0.4 is 9.64 Å². The van der Waals surface area contributed by atoms with Gasteiger partial charge >= 0.3 is 5.97 Å². The second-order valence-corrected chi connectivity index (χ2v) is 11.1. The number of sulfonamides is 1. The van der Waals surface area contributed by atoms with Crippen molar-refractivity contribution in [3.05, 3.63) is 71.8 Å². The van der Waals surface area contributed by atoms with Gasteiger partial charge in [-0.25, -0.2) is 13.2 Å². The summed E-state index contributed by atoms with van der Waals surface area (Å²) in [6.45, 7) is 4.44. The van der Waals surface area contributed by atoms with E-state index in [0.717, 1.165) is 11.3 Å². The Hall–Kier alpha value is -3.36. The average Bonchev–Trinajstić information content (AvgIpc) is 2.81. The minimum absolute atomic E-state index is 0.146. The van der Waals surface area contributed by atoms with Crippen LogP contribution in [0.3, 0.4) is 0 Å². The van der Waals surface area contributed by atoms with E-state index in [-0.39, 0.29) is 23.0 Å². The van der Waals surface area contributed by atoms with Crippen LogP contribution in [-0.2, 0) is 16.6 Å². The molecule has 8 heteroatoms. The highest BCUT2D eigenvalue weighted by Gasteiger charge is 2.42. The van der Waals surface area contributed by atoms with Gasteiger partial charge in [-0.2, -0.15) is 4.31 Å². The SMILES string of the molecule is CC(C)C[C@@H]1N(c2ccccc2)c2cc3c(cc2S(=O)(=O)N1C)-c1cc(C(=O)O)ccc1CO3. The molecule has 0 bridgehead atoms. The van der Waals surface area contributed by atoms with Crippen molar-refractivity contribution in [2.75, 3.05) is 11.9 Å². The van der Waals surface area contributed by atoms with Gasteiger partial charge in [0.15, 0.2) is 0 Å². The summed E-state index contributed by atoms with van der Waals surface area (Å²) in [5, 5.41) is 9.47. The van der Waals surface area contributed by atoms with E-state index < -0.39 is 22.2 Å². The fraction of sp³-hybridized carbons (Fsp3) is 0.269. The molecule has 2 aliphatic heterocycles. The fourth-order valence-electron chi connectivity index (χ4n) is 4.73. The zero-order valence-electron chi connectivity index (χ0n) is 19.2. The lowest BCUT2D eigenvalue weighted by molar-refractivity contribution is 0.0697. The Kier molecular flexibility index (Phi) is 5.37. The Morgan fingerprint density at radius 2 is 1.82 bits per heavy atom. The van der Waals surface area contributed by atoms with E-state index in [1.165, 1.54) is 10.4 Å². The minimum Gasteiger partial charge on any atom is -0.488 e. The number of hydrogen-bond donors (Lipinski definition) is 1. The molecule has 176 valence electrons. The molecule has 1 N–H and O–H groups in total. The molecular formula is C26H26N2O5S. The molecule has 7 nitrogen and oxygen atoms in total. The summed E-state index contributed by atoms with van der Waals surface area (Å²) >= 11 is 0. The van der Waals surface area contributed by atoms with Crippen molar-refractivity contribution in [1.29, 1.82) is 0 Å². The number of carboxylic acid groups (broad SMARTS) is 1. The summed E-state index contributed by atoms with van der Waals surface area (Å²) in [5.74, 6) is -0.226. The maximum Gasteiger partial charge on any atom is 0.335 e. The number of nitrogens with zero attached hydrogens (tertiary/aromatic N) is 2. The molecule has 2 heterocycles. The van der Waals surface area contributed by atoms with E-state index in [4.69, 9.17) is 4.74 Å². The molecule has 0 fully saturated rings. The molecular weight excluding hydrogens is 452 g/mol. The van der Waals surface area contributed by atoms with Crippen molar-refractivity contribution >= 4 is 27.4 Å². The monoisotopic (exact) mass is 478 g/mol. The number of aromatic carboxylic acids is 1. The average molecular weight is 479 g/mol. The first-order chi connectivity index (χ1) is 16.2. The van der Waals surface area contributed by atoms with Crippen LogP contribution in [0.4, 0.5) is 11.4 Å². The highest BCUT2D eigenvalue weighted by atomic mass is 32.2. The van der Waals surface area contributed by atoms with Crippen molar-refractivity contribution in [2.24, 2.45) is 5.92 Å². The van der Waals surface area contributed by atoms with Crippen LogP contribution in [0.15, 0.2) is 65.6 Å². The number of benzene rings is 3. The van der Waals surface area contributed by atoms with Gasteiger partial charge < -0.3 is 14.7 Å². The smallest absolute Gasteiger partial charge is 0.335 e. The van der Waals surface area contributed by atoms with Crippen LogP contribution in [0.5, 0.6) is 5.75 Å². The molecule has 0 spiro atoms. The zero-order chi connectivity index (χ0) is 24.2. The zero-order valence-corrected chi connectivity index (χ0v) is 20.0. The van der Waals surface area contributed by atoms with Gasteiger partial charge in [-0.15, -0.1) is 0 Å².